The van der Waals surface area contributed by atoms with Crippen molar-refractivity contribution in [3.05, 3.63) is 0 Å². The molecule has 0 rings (SSSR count). The quantitative estimate of drug-likeness (QED) is 0.336. The van der Waals surface area contributed by atoms with Gasteiger partial charge >= 0.3 is 7.82 Å². The summed E-state index contributed by atoms with van der Waals surface area (Å²) in [7, 11) is -2.01. The van der Waals surface area contributed by atoms with E-state index in [1.54, 1.807) is 0 Å². The number of rotatable bonds is 10. The van der Waals surface area contributed by atoms with Gasteiger partial charge in [0.2, 0.25) is 0 Å². The first-order valence-corrected chi connectivity index (χ1v) is 7.89. The molecule has 0 aromatic heterocycles. The molecule has 0 saturated heterocycles. The molecule has 3 atom stereocenters. The van der Waals surface area contributed by atoms with Crippen LogP contribution >= 0.6 is 16.4 Å². The largest absolute Gasteiger partial charge is 0.502 e. The molecule has 0 aliphatic heterocycles. The molecule has 0 heterocycles. The molecule has 0 spiro atoms. The first-order valence-electron chi connectivity index (χ1n) is 4.72. The van der Waals surface area contributed by atoms with E-state index < -0.39 is 13.9 Å². The van der Waals surface area contributed by atoms with Crippen molar-refractivity contribution in [1.82, 2.24) is 0 Å². The summed E-state index contributed by atoms with van der Waals surface area (Å²) in [5, 5.41) is 9.39. The summed E-state index contributed by atoms with van der Waals surface area (Å²) in [5.41, 5.74) is 5.19. The zero-order valence-corrected chi connectivity index (χ0v) is 11.3. The van der Waals surface area contributed by atoms with Gasteiger partial charge in [-0.15, -0.1) is 13.3 Å². The Morgan fingerprint density at radius 1 is 1.50 bits per heavy atom. The number of aliphatic hydroxyl groups excluding tert-OH is 1. The molecule has 0 aromatic carbocycles. The highest BCUT2D eigenvalue weighted by molar-refractivity contribution is 7.48. The van der Waals surface area contributed by atoms with E-state index in [1.165, 1.54) is 7.11 Å². The minimum absolute atomic E-state index is 0.0201. The molecule has 0 aliphatic rings. The molecule has 9 heteroatoms. The van der Waals surface area contributed by atoms with Crippen molar-refractivity contribution in [3.63, 3.8) is 0 Å². The molecule has 0 fully saturated rings. The van der Waals surface area contributed by atoms with Crippen LogP contribution in [-0.2, 0) is 23.2 Å². The van der Waals surface area contributed by atoms with Crippen molar-refractivity contribution >= 4 is 16.4 Å². The van der Waals surface area contributed by atoms with Gasteiger partial charge in [0.1, 0.15) is 0 Å². The minimum Gasteiger partial charge on any atom is -0.390 e. The highest BCUT2D eigenvalue weighted by atomic mass is 31.2. The van der Waals surface area contributed by atoms with Crippen LogP contribution in [0.5, 0.6) is 0 Å². The Bertz CT molecular complexity index is 217. The van der Waals surface area contributed by atoms with E-state index in [1.807, 2.05) is 6.66 Å². The van der Waals surface area contributed by atoms with Gasteiger partial charge in [-0.1, -0.05) is 0 Å². The Morgan fingerprint density at radius 2 is 2.19 bits per heavy atom. The lowest BCUT2D eigenvalue weighted by Crippen LogP contribution is -2.18. The van der Waals surface area contributed by atoms with Crippen LogP contribution in [0.15, 0.2) is 0 Å². The normalized spacial score (nSPS) is 17.8. The van der Waals surface area contributed by atoms with Gasteiger partial charge in [0.25, 0.3) is 0 Å². The molecule has 3 N–H and O–H groups in total. The van der Waals surface area contributed by atoms with Gasteiger partial charge in [-0.3, -0.25) is 9.05 Å². The van der Waals surface area contributed by atoms with Crippen molar-refractivity contribution in [1.29, 1.82) is 0 Å². The number of phosphoric acid groups is 1. The van der Waals surface area contributed by atoms with Crippen LogP contribution in [0.25, 0.3) is 0 Å². The molecular formula is C7H19NO6P2. The molecule has 3 unspecified atom stereocenters. The van der Waals surface area contributed by atoms with Crippen LogP contribution in [0.4, 0.5) is 0 Å². The zero-order chi connectivity index (χ0) is 12.4. The topological polar surface area (TPSA) is 100 Å². The fourth-order valence-electron chi connectivity index (χ4n) is 0.808. The highest BCUT2D eigenvalue weighted by Gasteiger charge is 2.28. The molecule has 16 heavy (non-hydrogen) atoms. The molecule has 0 amide bonds. The Balaban J connectivity index is 4.05. The predicted octanol–water partition coefficient (Wildman–Crippen LogP) is 0.334. The first-order chi connectivity index (χ1) is 7.58. The summed E-state index contributed by atoms with van der Waals surface area (Å²) in [6.07, 6.45) is -0.122. The minimum atomic E-state index is -3.77. The molecule has 0 saturated carbocycles. The van der Waals surface area contributed by atoms with Crippen molar-refractivity contribution in [2.45, 2.75) is 6.10 Å². The third kappa shape index (κ3) is 7.65. The number of phosphoric ester groups is 1. The van der Waals surface area contributed by atoms with E-state index in [0.717, 1.165) is 0 Å². The molecule has 0 radical (unpaired) electrons. The number of nitrogens with two attached hydrogens (primary N) is 1. The van der Waals surface area contributed by atoms with Gasteiger partial charge in [0, 0.05) is 6.54 Å². The van der Waals surface area contributed by atoms with Gasteiger partial charge in [-0.25, -0.2) is 9.45 Å². The second-order valence-corrected chi connectivity index (χ2v) is 5.49. The van der Waals surface area contributed by atoms with Crippen LogP contribution in [0.2, 0.25) is 0 Å². The molecule has 7 nitrogen and oxygen atoms in total. The van der Waals surface area contributed by atoms with Crippen LogP contribution < -0.4 is 5.73 Å². The van der Waals surface area contributed by atoms with Gasteiger partial charge < -0.3 is 10.8 Å². The summed E-state index contributed by atoms with van der Waals surface area (Å²) in [4.78, 5) is 4.26. The SMILES string of the molecule is COOP(=O)(OCCN)OCC(O)CPC. The van der Waals surface area contributed by atoms with Crippen molar-refractivity contribution in [3.8, 4) is 0 Å². The monoisotopic (exact) mass is 275 g/mol. The van der Waals surface area contributed by atoms with E-state index in [2.05, 4.69) is 9.56 Å². The fourth-order valence-corrected chi connectivity index (χ4v) is 2.42. The predicted molar refractivity (Wildman–Crippen MR) is 61.8 cm³/mol. The second kappa shape index (κ2) is 9.45. The second-order valence-electron chi connectivity index (χ2n) is 2.82. The van der Waals surface area contributed by atoms with Crippen molar-refractivity contribution in [2.24, 2.45) is 5.73 Å². The van der Waals surface area contributed by atoms with E-state index in [-0.39, 0.29) is 19.8 Å². The van der Waals surface area contributed by atoms with E-state index in [4.69, 9.17) is 14.8 Å². The smallest absolute Gasteiger partial charge is 0.390 e. The Kier molecular flexibility index (Phi) is 9.70. The van der Waals surface area contributed by atoms with Gasteiger partial charge in [-0.2, -0.15) is 0 Å². The lowest BCUT2D eigenvalue weighted by molar-refractivity contribution is -0.202. The van der Waals surface area contributed by atoms with E-state index in [9.17, 15) is 9.67 Å². The van der Waals surface area contributed by atoms with E-state index in [0.29, 0.717) is 14.7 Å². The van der Waals surface area contributed by atoms with Gasteiger partial charge in [0.05, 0.1) is 26.4 Å². The third-order valence-corrected chi connectivity index (χ3v) is 3.57. The third-order valence-electron chi connectivity index (χ3n) is 1.40. The van der Waals surface area contributed by atoms with E-state index >= 15 is 0 Å². The highest BCUT2D eigenvalue weighted by Crippen LogP contribution is 2.49. The maximum Gasteiger partial charge on any atom is 0.502 e. The average molecular weight is 275 g/mol. The molecule has 0 aliphatic carbocycles. The summed E-state index contributed by atoms with van der Waals surface area (Å²) >= 11 is 0. The summed E-state index contributed by atoms with van der Waals surface area (Å²) in [5.74, 6) is 0. The van der Waals surface area contributed by atoms with Crippen LogP contribution in [0.1, 0.15) is 0 Å². The Hall–Kier alpha value is 0.420. The maximum absolute atomic E-state index is 11.7. The first kappa shape index (κ1) is 16.4. The fraction of sp³-hybridized carbons (Fsp3) is 1.00. The number of hydrogen-bond donors (Lipinski definition) is 2. The van der Waals surface area contributed by atoms with Gasteiger partial charge in [0.15, 0.2) is 0 Å². The Morgan fingerprint density at radius 3 is 2.69 bits per heavy atom. The maximum atomic E-state index is 11.7. The summed E-state index contributed by atoms with van der Waals surface area (Å²) in [6.45, 7) is 2.01. The molecular weight excluding hydrogens is 256 g/mol. The van der Waals surface area contributed by atoms with Crippen molar-refractivity contribution in [2.75, 3.05) is 39.7 Å². The van der Waals surface area contributed by atoms with Crippen LogP contribution in [-0.4, -0.2) is 50.9 Å². The standard InChI is InChI=1S/C7H19NO6P2/c1-11-14-16(10,12-4-3-8)13-5-7(9)6-15-2/h7,9,15H,3-6,8H2,1-2H3. The zero-order valence-electron chi connectivity index (χ0n) is 9.42. The Labute approximate surface area is 96.9 Å². The van der Waals surface area contributed by atoms with Gasteiger partial charge in [-0.05, 0) is 12.8 Å². The lowest BCUT2D eigenvalue weighted by atomic mass is 10.4. The number of aliphatic hydroxyl groups is 1. The number of hydrogen-bond acceptors (Lipinski definition) is 7. The molecule has 0 aromatic rings. The van der Waals surface area contributed by atoms with Crippen LogP contribution in [0, 0.1) is 0 Å². The molecule has 98 valence electrons. The molecule has 0 bridgehead atoms. The van der Waals surface area contributed by atoms with Crippen molar-refractivity contribution < 1.29 is 28.3 Å². The summed E-state index contributed by atoms with van der Waals surface area (Å²) in [6, 6.07) is 0. The lowest BCUT2D eigenvalue weighted by Gasteiger charge is -2.17. The van der Waals surface area contributed by atoms with Crippen LogP contribution in [0.3, 0.4) is 0 Å². The summed E-state index contributed by atoms with van der Waals surface area (Å²) < 4.78 is 25.8. The average Bonchev–Trinajstić information content (AvgIpc) is 2.25.